The van der Waals surface area contributed by atoms with Crippen molar-refractivity contribution in [3.05, 3.63) is 70.0 Å². The number of benzene rings is 2. The van der Waals surface area contributed by atoms with Crippen molar-refractivity contribution in [2.45, 2.75) is 32.0 Å². The van der Waals surface area contributed by atoms with Gasteiger partial charge in [-0.2, -0.15) is 0 Å². The summed E-state index contributed by atoms with van der Waals surface area (Å²) >= 11 is 3.73. The van der Waals surface area contributed by atoms with Crippen LogP contribution in [0.4, 0.5) is 4.39 Å². The second-order valence-electron chi connectivity index (χ2n) is 5.07. The fourth-order valence-corrected chi connectivity index (χ4v) is 2.92. The van der Waals surface area contributed by atoms with Crippen LogP contribution in [0, 0.1) is 26.6 Å². The van der Waals surface area contributed by atoms with Crippen molar-refractivity contribution in [1.82, 2.24) is 0 Å². The summed E-state index contributed by atoms with van der Waals surface area (Å²) in [7, 11) is 0. The number of rotatable bonds is 3. The highest BCUT2D eigenvalue weighted by Gasteiger charge is 2.13. The monoisotopic (exact) mass is 320 g/mol. The van der Waals surface area contributed by atoms with Crippen LogP contribution in [-0.4, -0.2) is 0 Å². The molecule has 2 aromatic carbocycles. The van der Waals surface area contributed by atoms with Gasteiger partial charge in [0.1, 0.15) is 5.82 Å². The molecule has 0 aliphatic rings. The van der Waals surface area contributed by atoms with Crippen molar-refractivity contribution in [3.63, 3.8) is 0 Å². The van der Waals surface area contributed by atoms with Crippen LogP contribution in [0.15, 0.2) is 36.4 Å². The molecule has 2 aromatic rings. The molecule has 2 rings (SSSR count). The fourth-order valence-electron chi connectivity index (χ4n) is 2.31. The Hall–Kier alpha value is -1.15. The lowest BCUT2D eigenvalue weighted by Gasteiger charge is -2.14. The normalized spacial score (nSPS) is 12.5. The van der Waals surface area contributed by atoms with Crippen molar-refractivity contribution < 1.29 is 4.39 Å². The highest BCUT2D eigenvalue weighted by atomic mass is 79.9. The molecule has 0 aliphatic carbocycles. The molecule has 0 fully saturated rings. The molecule has 0 heterocycles. The van der Waals surface area contributed by atoms with Crippen molar-refractivity contribution in [3.8, 4) is 0 Å². The van der Waals surface area contributed by atoms with Crippen LogP contribution in [0.25, 0.3) is 0 Å². The number of hydrogen-bond donors (Lipinski definition) is 0. The van der Waals surface area contributed by atoms with Crippen LogP contribution in [0.2, 0.25) is 0 Å². The lowest BCUT2D eigenvalue weighted by Crippen LogP contribution is -2.00. The van der Waals surface area contributed by atoms with E-state index in [4.69, 9.17) is 0 Å². The Bertz CT molecular complexity index is 567. The van der Waals surface area contributed by atoms with Gasteiger partial charge in [-0.3, -0.25) is 0 Å². The average molecular weight is 321 g/mol. The molecule has 0 saturated heterocycles. The first-order valence-electron chi connectivity index (χ1n) is 6.44. The maximum absolute atomic E-state index is 13.6. The van der Waals surface area contributed by atoms with Gasteiger partial charge < -0.3 is 0 Å². The minimum Gasteiger partial charge on any atom is -0.206 e. The van der Waals surface area contributed by atoms with E-state index < -0.39 is 0 Å². The van der Waals surface area contributed by atoms with Crippen molar-refractivity contribution >= 4 is 15.9 Å². The van der Waals surface area contributed by atoms with Gasteiger partial charge in [0, 0.05) is 4.83 Å². The topological polar surface area (TPSA) is 0 Å². The van der Waals surface area contributed by atoms with E-state index in [0.717, 1.165) is 12.0 Å². The second-order valence-corrected chi connectivity index (χ2v) is 6.17. The Morgan fingerprint density at radius 2 is 1.58 bits per heavy atom. The maximum atomic E-state index is 13.6. The molecular weight excluding hydrogens is 303 g/mol. The quantitative estimate of drug-likeness (QED) is 0.661. The molecule has 0 N–H and O–H groups in total. The molecule has 0 aromatic heterocycles. The van der Waals surface area contributed by atoms with Gasteiger partial charge in [-0.15, -0.1) is 0 Å². The number of aryl methyl sites for hydroxylation is 3. The van der Waals surface area contributed by atoms with Crippen LogP contribution in [-0.2, 0) is 6.42 Å². The van der Waals surface area contributed by atoms with Gasteiger partial charge in [0.05, 0.1) is 0 Å². The molecule has 0 aliphatic heterocycles. The molecule has 2 heteroatoms. The molecule has 0 radical (unpaired) electrons. The van der Waals surface area contributed by atoms with Crippen LogP contribution >= 0.6 is 15.9 Å². The Kier molecular flexibility index (Phi) is 4.41. The fraction of sp³-hybridized carbons (Fsp3) is 0.294. The first-order chi connectivity index (χ1) is 8.99. The van der Waals surface area contributed by atoms with E-state index in [2.05, 4.69) is 41.1 Å². The summed E-state index contributed by atoms with van der Waals surface area (Å²) in [5.41, 5.74) is 5.18. The third-order valence-electron chi connectivity index (χ3n) is 3.48. The lowest BCUT2D eigenvalue weighted by atomic mass is 9.98. The highest BCUT2D eigenvalue weighted by Crippen LogP contribution is 2.30. The minimum atomic E-state index is -0.0978. The van der Waals surface area contributed by atoms with Gasteiger partial charge in [0.15, 0.2) is 0 Å². The third-order valence-corrected chi connectivity index (χ3v) is 4.33. The molecule has 100 valence electrons. The van der Waals surface area contributed by atoms with Gasteiger partial charge in [-0.25, -0.2) is 4.39 Å². The van der Waals surface area contributed by atoms with Gasteiger partial charge in [0.2, 0.25) is 0 Å². The SMILES string of the molecule is Cc1ccccc1CC(Br)c1cc(C)c(F)c(C)c1. The van der Waals surface area contributed by atoms with E-state index in [0.29, 0.717) is 11.1 Å². The minimum absolute atomic E-state index is 0.0978. The van der Waals surface area contributed by atoms with Crippen molar-refractivity contribution in [2.24, 2.45) is 0 Å². The highest BCUT2D eigenvalue weighted by molar-refractivity contribution is 9.09. The smallest absolute Gasteiger partial charge is 0.129 e. The summed E-state index contributed by atoms with van der Waals surface area (Å²) in [6.07, 6.45) is 0.914. The van der Waals surface area contributed by atoms with E-state index >= 15 is 0 Å². The third kappa shape index (κ3) is 3.24. The van der Waals surface area contributed by atoms with Crippen LogP contribution < -0.4 is 0 Å². The van der Waals surface area contributed by atoms with Crippen molar-refractivity contribution in [1.29, 1.82) is 0 Å². The van der Waals surface area contributed by atoms with E-state index in [1.807, 2.05) is 32.0 Å². The average Bonchev–Trinajstić information content (AvgIpc) is 2.38. The summed E-state index contributed by atoms with van der Waals surface area (Å²) < 4.78 is 13.6. The molecule has 0 bridgehead atoms. The van der Waals surface area contributed by atoms with Gasteiger partial charge in [-0.1, -0.05) is 52.3 Å². The predicted molar refractivity (Wildman–Crippen MR) is 82.4 cm³/mol. The largest absolute Gasteiger partial charge is 0.206 e. The summed E-state index contributed by atoms with van der Waals surface area (Å²) in [6.45, 7) is 5.76. The molecule has 1 unspecified atom stereocenters. The summed E-state index contributed by atoms with van der Waals surface area (Å²) in [4.78, 5) is 0.214. The predicted octanol–water partition coefficient (Wildman–Crippen LogP) is 5.43. The molecule has 0 spiro atoms. The van der Waals surface area contributed by atoms with E-state index in [-0.39, 0.29) is 10.6 Å². The Balaban J connectivity index is 2.26. The zero-order valence-corrected chi connectivity index (χ0v) is 13.1. The number of hydrogen-bond acceptors (Lipinski definition) is 0. The Morgan fingerprint density at radius 3 is 2.16 bits per heavy atom. The van der Waals surface area contributed by atoms with E-state index in [9.17, 15) is 4.39 Å². The van der Waals surface area contributed by atoms with Gasteiger partial charge in [0.25, 0.3) is 0 Å². The second kappa shape index (κ2) is 5.87. The Morgan fingerprint density at radius 1 is 1.00 bits per heavy atom. The first-order valence-corrected chi connectivity index (χ1v) is 7.36. The van der Waals surface area contributed by atoms with E-state index in [1.165, 1.54) is 11.1 Å². The molecule has 0 saturated carbocycles. The summed E-state index contributed by atoms with van der Waals surface area (Å²) in [5.74, 6) is -0.0978. The standard InChI is InChI=1S/C17H18BrF/c1-11-6-4-5-7-14(11)10-16(18)15-8-12(2)17(19)13(3)9-15/h4-9,16H,10H2,1-3H3. The first kappa shape index (κ1) is 14.3. The van der Waals surface area contributed by atoms with Crippen LogP contribution in [0.5, 0.6) is 0 Å². The molecule has 1 atom stereocenters. The lowest BCUT2D eigenvalue weighted by molar-refractivity contribution is 0.608. The van der Waals surface area contributed by atoms with Crippen LogP contribution in [0.3, 0.4) is 0 Å². The number of halogens is 2. The van der Waals surface area contributed by atoms with Crippen LogP contribution in [0.1, 0.15) is 32.6 Å². The molecule has 0 nitrogen and oxygen atoms in total. The van der Waals surface area contributed by atoms with Crippen molar-refractivity contribution in [2.75, 3.05) is 0 Å². The molecule has 19 heavy (non-hydrogen) atoms. The summed E-state index contributed by atoms with van der Waals surface area (Å²) in [6, 6.07) is 12.2. The summed E-state index contributed by atoms with van der Waals surface area (Å²) in [5, 5.41) is 0. The molecule has 0 amide bonds. The Labute approximate surface area is 122 Å². The number of alkyl halides is 1. The van der Waals surface area contributed by atoms with E-state index in [1.54, 1.807) is 0 Å². The zero-order chi connectivity index (χ0) is 14.0. The van der Waals surface area contributed by atoms with Gasteiger partial charge >= 0.3 is 0 Å². The maximum Gasteiger partial charge on any atom is 0.129 e. The zero-order valence-electron chi connectivity index (χ0n) is 11.5. The molecular formula is C17H18BrF. The van der Waals surface area contributed by atoms with Gasteiger partial charge in [-0.05, 0) is 55.0 Å².